The van der Waals surface area contributed by atoms with E-state index in [2.05, 4.69) is 49.1 Å². The van der Waals surface area contributed by atoms with Crippen LogP contribution >= 0.6 is 0 Å². The molecule has 5 aromatic rings. The lowest BCUT2D eigenvalue weighted by atomic mass is 10.1. The molecular weight excluding hydrogens is 419 g/mol. The molecule has 0 unspecified atom stereocenters. The molecule has 9 heteroatoms. The Balaban J connectivity index is 1.47. The van der Waals surface area contributed by atoms with Gasteiger partial charge in [0, 0.05) is 54.6 Å². The van der Waals surface area contributed by atoms with Gasteiger partial charge in [0.15, 0.2) is 17.3 Å². The second-order valence-electron chi connectivity index (χ2n) is 7.83. The zero-order chi connectivity index (χ0) is 22.8. The van der Waals surface area contributed by atoms with Crippen molar-refractivity contribution in [2.24, 2.45) is 0 Å². The fourth-order valence-electron chi connectivity index (χ4n) is 3.49. The first-order valence-corrected chi connectivity index (χ1v) is 10.5. The quantitative estimate of drug-likeness (QED) is 0.383. The number of rotatable bonds is 6. The van der Waals surface area contributed by atoms with Crippen LogP contribution in [0.15, 0.2) is 67.5 Å². The Morgan fingerprint density at radius 2 is 1.88 bits per heavy atom. The molecule has 164 valence electrons. The van der Waals surface area contributed by atoms with Gasteiger partial charge in [-0.15, -0.1) is 0 Å². The van der Waals surface area contributed by atoms with Crippen molar-refractivity contribution in [1.82, 2.24) is 34.5 Å². The molecule has 0 bridgehead atoms. The second-order valence-corrected chi connectivity index (χ2v) is 7.83. The lowest BCUT2D eigenvalue weighted by Crippen LogP contribution is -2.06. The Kier molecular flexibility index (Phi) is 5.43. The Morgan fingerprint density at radius 1 is 0.970 bits per heavy atom. The number of fused-ring (bicyclic) bond motifs is 1. The summed E-state index contributed by atoms with van der Waals surface area (Å²) >= 11 is 0. The van der Waals surface area contributed by atoms with Crippen LogP contribution in [0.25, 0.3) is 33.8 Å². The van der Waals surface area contributed by atoms with E-state index in [9.17, 15) is 4.39 Å². The molecule has 0 radical (unpaired) electrons. The van der Waals surface area contributed by atoms with Crippen molar-refractivity contribution in [3.05, 3.63) is 79.0 Å². The molecular formula is C24H21FN8. The van der Waals surface area contributed by atoms with E-state index in [1.165, 1.54) is 12.3 Å². The summed E-state index contributed by atoms with van der Waals surface area (Å²) in [6, 6.07) is 11.0. The third kappa shape index (κ3) is 4.25. The SMILES string of the molecule is CC(C)n1cnc2c(NCc3ccc(-c4cccnc4)nc3)nc(-c3ccnc(F)c3)nc21. The van der Waals surface area contributed by atoms with Crippen LogP contribution in [0.1, 0.15) is 25.5 Å². The van der Waals surface area contributed by atoms with Crippen molar-refractivity contribution in [3.8, 4) is 22.6 Å². The number of halogens is 1. The summed E-state index contributed by atoms with van der Waals surface area (Å²) in [5.41, 5.74) is 4.68. The number of nitrogens with one attached hydrogen (secondary N) is 1. The van der Waals surface area contributed by atoms with E-state index in [0.717, 1.165) is 16.8 Å². The lowest BCUT2D eigenvalue weighted by Gasteiger charge is -2.11. The fraction of sp³-hybridized carbons (Fsp3) is 0.167. The number of hydrogen-bond acceptors (Lipinski definition) is 7. The summed E-state index contributed by atoms with van der Waals surface area (Å²) in [6.45, 7) is 4.60. The van der Waals surface area contributed by atoms with Gasteiger partial charge in [-0.2, -0.15) is 4.39 Å². The van der Waals surface area contributed by atoms with Gasteiger partial charge >= 0.3 is 0 Å². The number of aromatic nitrogens is 7. The lowest BCUT2D eigenvalue weighted by molar-refractivity contribution is 0.584. The maximum absolute atomic E-state index is 13.7. The fourth-order valence-corrected chi connectivity index (χ4v) is 3.49. The standard InChI is InChI=1S/C24H21FN8/c1-15(2)33-14-30-21-23(31-22(32-24(21)33)17-7-9-27-20(25)10-17)29-12-16-5-6-19(28-11-16)18-4-3-8-26-13-18/h3-11,13-15H,12H2,1-2H3,(H,29,31,32). The van der Waals surface area contributed by atoms with E-state index < -0.39 is 5.95 Å². The Labute approximate surface area is 189 Å². The average molecular weight is 440 g/mol. The Hall–Kier alpha value is -4.27. The normalized spacial score (nSPS) is 11.3. The van der Waals surface area contributed by atoms with Gasteiger partial charge in [0.2, 0.25) is 5.95 Å². The zero-order valence-electron chi connectivity index (χ0n) is 18.1. The molecule has 0 fully saturated rings. The molecule has 33 heavy (non-hydrogen) atoms. The zero-order valence-corrected chi connectivity index (χ0v) is 18.1. The number of hydrogen-bond donors (Lipinski definition) is 1. The van der Waals surface area contributed by atoms with Crippen molar-refractivity contribution in [1.29, 1.82) is 0 Å². The molecule has 0 aliphatic carbocycles. The van der Waals surface area contributed by atoms with Crippen LogP contribution in [-0.4, -0.2) is 34.5 Å². The maximum atomic E-state index is 13.7. The van der Waals surface area contributed by atoms with Crippen molar-refractivity contribution < 1.29 is 4.39 Å². The summed E-state index contributed by atoms with van der Waals surface area (Å²) in [7, 11) is 0. The van der Waals surface area contributed by atoms with Gasteiger partial charge in [-0.1, -0.05) is 6.07 Å². The molecule has 0 spiro atoms. The summed E-state index contributed by atoms with van der Waals surface area (Å²) in [5.74, 6) is 0.393. The van der Waals surface area contributed by atoms with E-state index in [1.54, 1.807) is 24.8 Å². The van der Waals surface area contributed by atoms with Crippen LogP contribution in [0.4, 0.5) is 10.2 Å². The summed E-state index contributed by atoms with van der Waals surface area (Å²) in [4.78, 5) is 26.1. The van der Waals surface area contributed by atoms with E-state index in [1.807, 2.05) is 35.0 Å². The number of anilines is 1. The molecule has 0 saturated heterocycles. The van der Waals surface area contributed by atoms with Crippen molar-refractivity contribution in [2.45, 2.75) is 26.4 Å². The predicted molar refractivity (Wildman–Crippen MR) is 124 cm³/mol. The second kappa shape index (κ2) is 8.70. The van der Waals surface area contributed by atoms with Crippen molar-refractivity contribution >= 4 is 17.0 Å². The smallest absolute Gasteiger partial charge is 0.213 e. The Morgan fingerprint density at radius 3 is 2.61 bits per heavy atom. The van der Waals surface area contributed by atoms with Crippen LogP contribution in [0, 0.1) is 5.95 Å². The molecule has 0 aromatic carbocycles. The maximum Gasteiger partial charge on any atom is 0.213 e. The summed E-state index contributed by atoms with van der Waals surface area (Å²) in [6.07, 6.45) is 8.49. The molecule has 5 rings (SSSR count). The molecule has 5 heterocycles. The van der Waals surface area contributed by atoms with E-state index in [4.69, 9.17) is 0 Å². The van der Waals surface area contributed by atoms with Crippen LogP contribution in [-0.2, 0) is 6.54 Å². The first-order valence-electron chi connectivity index (χ1n) is 10.5. The van der Waals surface area contributed by atoms with Gasteiger partial charge in [-0.25, -0.2) is 19.9 Å². The highest BCUT2D eigenvalue weighted by molar-refractivity contribution is 5.85. The molecule has 0 amide bonds. The topological polar surface area (TPSA) is 94.3 Å². The largest absolute Gasteiger partial charge is 0.364 e. The minimum Gasteiger partial charge on any atom is -0.364 e. The highest BCUT2D eigenvalue weighted by atomic mass is 19.1. The van der Waals surface area contributed by atoms with Crippen LogP contribution < -0.4 is 5.32 Å². The first-order chi connectivity index (χ1) is 16.1. The van der Waals surface area contributed by atoms with Gasteiger partial charge < -0.3 is 9.88 Å². The van der Waals surface area contributed by atoms with Gasteiger partial charge in [0.1, 0.15) is 5.52 Å². The van der Waals surface area contributed by atoms with E-state index in [-0.39, 0.29) is 6.04 Å². The predicted octanol–water partition coefficient (Wildman–Crippen LogP) is 4.68. The number of imidazole rings is 1. The highest BCUT2D eigenvalue weighted by Crippen LogP contribution is 2.26. The average Bonchev–Trinajstić information content (AvgIpc) is 3.28. The molecule has 0 aliphatic rings. The summed E-state index contributed by atoms with van der Waals surface area (Å²) in [5, 5.41) is 3.35. The number of pyridine rings is 3. The number of nitrogens with zero attached hydrogens (tertiary/aromatic N) is 7. The summed E-state index contributed by atoms with van der Waals surface area (Å²) < 4.78 is 15.7. The van der Waals surface area contributed by atoms with Gasteiger partial charge in [0.05, 0.1) is 12.0 Å². The van der Waals surface area contributed by atoms with Crippen molar-refractivity contribution in [2.75, 3.05) is 5.32 Å². The minimum absolute atomic E-state index is 0.156. The third-order valence-corrected chi connectivity index (χ3v) is 5.20. The highest BCUT2D eigenvalue weighted by Gasteiger charge is 2.16. The molecule has 1 N–H and O–H groups in total. The van der Waals surface area contributed by atoms with E-state index >= 15 is 0 Å². The third-order valence-electron chi connectivity index (χ3n) is 5.20. The van der Waals surface area contributed by atoms with Crippen LogP contribution in [0.2, 0.25) is 0 Å². The van der Waals surface area contributed by atoms with Crippen LogP contribution in [0.3, 0.4) is 0 Å². The molecule has 5 aromatic heterocycles. The van der Waals surface area contributed by atoms with Crippen LogP contribution in [0.5, 0.6) is 0 Å². The monoisotopic (exact) mass is 440 g/mol. The molecule has 0 atom stereocenters. The van der Waals surface area contributed by atoms with Gasteiger partial charge in [-0.3, -0.25) is 9.97 Å². The molecule has 8 nitrogen and oxygen atoms in total. The molecule has 0 aliphatic heterocycles. The van der Waals surface area contributed by atoms with E-state index in [0.29, 0.717) is 34.9 Å². The van der Waals surface area contributed by atoms with Gasteiger partial charge in [-0.05, 0) is 43.7 Å². The minimum atomic E-state index is -0.581. The van der Waals surface area contributed by atoms with Gasteiger partial charge in [0.25, 0.3) is 0 Å². The molecule has 0 saturated carbocycles. The Bertz CT molecular complexity index is 1400. The first kappa shape index (κ1) is 20.6. The van der Waals surface area contributed by atoms with Crippen molar-refractivity contribution in [3.63, 3.8) is 0 Å².